The smallest absolute Gasteiger partial charge is 0.432 e. The maximum atomic E-state index is 11.7. The highest BCUT2D eigenvalue weighted by molar-refractivity contribution is 6.88. The summed E-state index contributed by atoms with van der Waals surface area (Å²) in [7, 11) is -1.42. The van der Waals surface area contributed by atoms with E-state index in [1.165, 1.54) is 5.19 Å². The molecule has 0 aliphatic rings. The molecule has 0 aromatic heterocycles. The lowest BCUT2D eigenvalue weighted by Gasteiger charge is -2.16. The summed E-state index contributed by atoms with van der Waals surface area (Å²) < 4.78 is 4.71. The van der Waals surface area contributed by atoms with Crippen molar-refractivity contribution in [2.24, 2.45) is 0 Å². The Bertz CT molecular complexity index is 506. The van der Waals surface area contributed by atoms with Gasteiger partial charge in [0.15, 0.2) is 0 Å². The van der Waals surface area contributed by atoms with Crippen molar-refractivity contribution in [3.63, 3.8) is 0 Å². The van der Waals surface area contributed by atoms with Crippen molar-refractivity contribution in [3.8, 4) is 0 Å². The molecule has 128 valence electrons. The van der Waals surface area contributed by atoms with Crippen LogP contribution in [0.3, 0.4) is 0 Å². The van der Waals surface area contributed by atoms with Crippen molar-refractivity contribution < 1.29 is 29.1 Å². The third-order valence-electron chi connectivity index (χ3n) is 3.17. The Hall–Kier alpha value is -1.86. The highest BCUT2D eigenvalue weighted by Crippen LogP contribution is 2.06. The molecule has 1 aromatic rings. The maximum absolute atomic E-state index is 11.7. The van der Waals surface area contributed by atoms with Crippen LogP contribution in [-0.2, 0) is 19.6 Å². The van der Waals surface area contributed by atoms with Crippen LogP contribution < -0.4 is 5.19 Å². The summed E-state index contributed by atoms with van der Waals surface area (Å²) in [6.45, 7) is 8.91. The zero-order chi connectivity index (χ0) is 17.3. The van der Waals surface area contributed by atoms with E-state index in [0.29, 0.717) is 5.56 Å². The van der Waals surface area contributed by atoms with Gasteiger partial charge in [-0.05, 0) is 18.6 Å². The number of rotatable bonds is 8. The second-order valence-electron chi connectivity index (χ2n) is 6.16. The number of hydrogen-bond acceptors (Lipinski definition) is 6. The van der Waals surface area contributed by atoms with E-state index in [0.717, 1.165) is 19.3 Å². The number of hydrogen-bond donors (Lipinski definition) is 0. The Balaban J connectivity index is 2.32. The summed E-state index contributed by atoms with van der Waals surface area (Å²) in [6.07, 6.45) is 1.68. The van der Waals surface area contributed by atoms with Crippen molar-refractivity contribution in [1.29, 1.82) is 0 Å². The summed E-state index contributed by atoms with van der Waals surface area (Å²) in [5, 5.41) is 5.37. The minimum Gasteiger partial charge on any atom is -0.432 e. The first-order valence-corrected chi connectivity index (χ1v) is 11.2. The highest BCUT2D eigenvalue weighted by atomic mass is 28.3. The Kier molecular flexibility index (Phi) is 7.77. The minimum atomic E-state index is -1.42. The van der Waals surface area contributed by atoms with Crippen LogP contribution in [-0.4, -0.2) is 26.8 Å². The van der Waals surface area contributed by atoms with Gasteiger partial charge in [-0.3, -0.25) is 4.89 Å². The first-order valence-electron chi connectivity index (χ1n) is 7.67. The van der Waals surface area contributed by atoms with Crippen LogP contribution in [0.25, 0.3) is 0 Å². The fourth-order valence-electron chi connectivity index (χ4n) is 1.76. The number of carbonyl (C=O) groups is 2. The van der Waals surface area contributed by atoms with Crippen molar-refractivity contribution in [2.45, 2.75) is 45.8 Å². The summed E-state index contributed by atoms with van der Waals surface area (Å²) in [5.41, 5.74) is 0.312. The Labute approximate surface area is 137 Å². The molecule has 6 nitrogen and oxygen atoms in total. The van der Waals surface area contributed by atoms with Crippen LogP contribution in [0.2, 0.25) is 19.6 Å². The van der Waals surface area contributed by atoms with Gasteiger partial charge in [-0.1, -0.05) is 56.7 Å². The van der Waals surface area contributed by atoms with E-state index < -0.39 is 20.2 Å². The van der Waals surface area contributed by atoms with Crippen molar-refractivity contribution in [2.75, 3.05) is 6.61 Å². The molecule has 1 rings (SSSR count). The van der Waals surface area contributed by atoms with Gasteiger partial charge in [-0.2, -0.15) is 0 Å². The first kappa shape index (κ1) is 19.2. The van der Waals surface area contributed by atoms with Crippen molar-refractivity contribution in [1.82, 2.24) is 0 Å². The summed E-state index contributed by atoms with van der Waals surface area (Å²) in [5.74, 6) is -0.745. The SMILES string of the molecule is CCCCCOC(=O)OOOC(=O)c1ccc([Si](C)(C)C)cc1. The number of benzene rings is 1. The van der Waals surface area contributed by atoms with Crippen LogP contribution in [0, 0.1) is 0 Å². The molecule has 0 bridgehead atoms. The molecule has 7 heteroatoms. The average molecular weight is 340 g/mol. The second kappa shape index (κ2) is 9.31. The molecule has 0 aliphatic carbocycles. The molecule has 0 fully saturated rings. The van der Waals surface area contributed by atoms with E-state index >= 15 is 0 Å². The minimum absolute atomic E-state index is 0.238. The largest absolute Gasteiger partial charge is 0.543 e. The van der Waals surface area contributed by atoms with Gasteiger partial charge >= 0.3 is 12.1 Å². The molecule has 0 saturated carbocycles. The quantitative estimate of drug-likeness (QED) is 0.237. The van der Waals surface area contributed by atoms with E-state index in [1.807, 2.05) is 19.1 Å². The molecular weight excluding hydrogens is 316 g/mol. The maximum Gasteiger partial charge on any atom is 0.543 e. The monoisotopic (exact) mass is 340 g/mol. The second-order valence-corrected chi connectivity index (χ2v) is 11.2. The molecule has 0 spiro atoms. The van der Waals surface area contributed by atoms with Gasteiger partial charge in [0.25, 0.3) is 0 Å². The molecule has 0 atom stereocenters. The fourth-order valence-corrected chi connectivity index (χ4v) is 2.93. The van der Waals surface area contributed by atoms with Gasteiger partial charge < -0.3 is 4.74 Å². The molecule has 0 saturated heterocycles. The van der Waals surface area contributed by atoms with Gasteiger partial charge in [0, 0.05) is 0 Å². The number of ether oxygens (including phenoxy) is 1. The molecule has 0 heterocycles. The summed E-state index contributed by atoms with van der Waals surface area (Å²) in [4.78, 5) is 31.4. The van der Waals surface area contributed by atoms with E-state index in [1.54, 1.807) is 12.1 Å². The van der Waals surface area contributed by atoms with E-state index in [9.17, 15) is 9.59 Å². The molecule has 0 N–H and O–H groups in total. The van der Waals surface area contributed by atoms with Gasteiger partial charge in [-0.25, -0.2) is 14.5 Å². The Morgan fingerprint density at radius 3 is 2.22 bits per heavy atom. The summed E-state index contributed by atoms with van der Waals surface area (Å²) in [6, 6.07) is 7.10. The van der Waals surface area contributed by atoms with Gasteiger partial charge in [0.05, 0.1) is 25.3 Å². The normalized spacial score (nSPS) is 11.0. The zero-order valence-electron chi connectivity index (χ0n) is 14.1. The number of unbranched alkanes of at least 4 members (excludes halogenated alkanes) is 2. The van der Waals surface area contributed by atoms with Gasteiger partial charge in [0.1, 0.15) is 0 Å². The van der Waals surface area contributed by atoms with Crippen LogP contribution in [0.1, 0.15) is 36.5 Å². The predicted molar refractivity (Wildman–Crippen MR) is 87.9 cm³/mol. The third-order valence-corrected chi connectivity index (χ3v) is 5.23. The predicted octanol–water partition coefficient (Wildman–Crippen LogP) is 3.58. The zero-order valence-corrected chi connectivity index (χ0v) is 15.1. The Morgan fingerprint density at radius 2 is 1.65 bits per heavy atom. The molecule has 1 aromatic carbocycles. The first-order chi connectivity index (χ1) is 10.8. The van der Waals surface area contributed by atoms with Crippen LogP contribution in [0.5, 0.6) is 0 Å². The molecule has 0 unspecified atom stereocenters. The van der Waals surface area contributed by atoms with Crippen molar-refractivity contribution >= 4 is 25.4 Å². The lowest BCUT2D eigenvalue weighted by atomic mass is 10.2. The van der Waals surface area contributed by atoms with Gasteiger partial charge in [-0.15, -0.1) is 0 Å². The molecule has 23 heavy (non-hydrogen) atoms. The molecule has 0 amide bonds. The third kappa shape index (κ3) is 7.29. The molecule has 0 radical (unpaired) electrons. The molecule has 0 aliphatic heterocycles. The molecular formula is C16H24O6Si. The van der Waals surface area contributed by atoms with E-state index in [-0.39, 0.29) is 6.61 Å². The fraction of sp³-hybridized carbons (Fsp3) is 0.500. The lowest BCUT2D eigenvalue weighted by molar-refractivity contribution is -0.452. The Morgan fingerprint density at radius 1 is 1.00 bits per heavy atom. The van der Waals surface area contributed by atoms with Crippen LogP contribution in [0.15, 0.2) is 24.3 Å². The number of carbonyl (C=O) groups excluding carboxylic acids is 2. The standard InChI is InChI=1S/C16H24O6Si/c1-5-6-7-12-19-16(18)21-22-20-15(17)13-8-10-14(11-9-13)23(2,3)4/h8-11H,5-7,12H2,1-4H3. The highest BCUT2D eigenvalue weighted by Gasteiger charge is 2.17. The average Bonchev–Trinajstić information content (AvgIpc) is 2.51. The lowest BCUT2D eigenvalue weighted by Crippen LogP contribution is -2.37. The summed E-state index contributed by atoms with van der Waals surface area (Å²) >= 11 is 0. The van der Waals surface area contributed by atoms with Crippen LogP contribution >= 0.6 is 0 Å². The van der Waals surface area contributed by atoms with E-state index in [4.69, 9.17) is 4.74 Å². The van der Waals surface area contributed by atoms with Crippen molar-refractivity contribution in [3.05, 3.63) is 29.8 Å². The van der Waals surface area contributed by atoms with E-state index in [2.05, 4.69) is 34.5 Å². The van der Waals surface area contributed by atoms with Gasteiger partial charge in [0.2, 0.25) is 0 Å². The topological polar surface area (TPSA) is 71.1 Å². The van der Waals surface area contributed by atoms with Crippen LogP contribution in [0.4, 0.5) is 4.79 Å².